The molecule has 7 nitrogen and oxygen atoms in total. The Balaban J connectivity index is 2.09. The van der Waals surface area contributed by atoms with E-state index in [1.165, 1.54) is 6.07 Å². The Kier molecular flexibility index (Phi) is 7.79. The van der Waals surface area contributed by atoms with Crippen molar-refractivity contribution < 1.29 is 19.4 Å². The molecule has 35 heavy (non-hydrogen) atoms. The third-order valence-electron chi connectivity index (χ3n) is 5.50. The first-order valence-electron chi connectivity index (χ1n) is 11.6. The second-order valence-electron chi connectivity index (χ2n) is 9.73. The molecule has 0 aliphatic heterocycles. The molecule has 0 aliphatic rings. The molecule has 0 saturated carbocycles. The molecule has 0 spiro atoms. The molecule has 3 rings (SSSR count). The van der Waals surface area contributed by atoms with E-state index in [4.69, 9.17) is 4.74 Å². The minimum Gasteiger partial charge on any atom is -0.480 e. The van der Waals surface area contributed by atoms with E-state index in [9.17, 15) is 19.5 Å². The maximum atomic E-state index is 12.5. The Hall–Kier alpha value is -3.87. The number of amides is 1. The zero-order chi connectivity index (χ0) is 25.8. The second kappa shape index (κ2) is 10.6. The Morgan fingerprint density at radius 2 is 1.57 bits per heavy atom. The molecule has 2 unspecified atom stereocenters. The summed E-state index contributed by atoms with van der Waals surface area (Å²) in [7, 11) is 0. The van der Waals surface area contributed by atoms with Crippen LogP contribution in [0.4, 0.5) is 4.79 Å². The fourth-order valence-electron chi connectivity index (χ4n) is 3.95. The second-order valence-corrected chi connectivity index (χ2v) is 9.73. The number of alkyl carbamates (subject to hydrolysis) is 1. The summed E-state index contributed by atoms with van der Waals surface area (Å²) in [6.07, 6.45) is 1.00. The number of benzene rings is 2. The molecule has 0 fully saturated rings. The number of rotatable bonds is 7. The topological polar surface area (TPSA) is 97.6 Å². The van der Waals surface area contributed by atoms with E-state index in [0.29, 0.717) is 5.56 Å². The van der Waals surface area contributed by atoms with Crippen LogP contribution in [0.1, 0.15) is 57.7 Å². The lowest BCUT2D eigenvalue weighted by Crippen LogP contribution is -2.47. The average Bonchev–Trinajstić information content (AvgIpc) is 2.78. The van der Waals surface area contributed by atoms with Crippen molar-refractivity contribution in [2.75, 3.05) is 0 Å². The van der Waals surface area contributed by atoms with Gasteiger partial charge in [0.15, 0.2) is 0 Å². The van der Waals surface area contributed by atoms with Crippen LogP contribution in [0.25, 0.3) is 11.1 Å². The van der Waals surface area contributed by atoms with Crippen molar-refractivity contribution in [1.29, 1.82) is 0 Å². The molecule has 1 aromatic heterocycles. The maximum absolute atomic E-state index is 12.5. The third-order valence-corrected chi connectivity index (χ3v) is 5.50. The van der Waals surface area contributed by atoms with Gasteiger partial charge >= 0.3 is 12.1 Å². The zero-order valence-corrected chi connectivity index (χ0v) is 20.7. The van der Waals surface area contributed by atoms with E-state index in [1.54, 1.807) is 37.6 Å². The summed E-state index contributed by atoms with van der Waals surface area (Å²) in [6, 6.07) is 18.7. The van der Waals surface area contributed by atoms with Crippen LogP contribution in [0.15, 0.2) is 77.7 Å². The van der Waals surface area contributed by atoms with Gasteiger partial charge in [0.1, 0.15) is 11.6 Å². The van der Waals surface area contributed by atoms with Crippen LogP contribution in [0.3, 0.4) is 0 Å². The van der Waals surface area contributed by atoms with Gasteiger partial charge < -0.3 is 19.7 Å². The highest BCUT2D eigenvalue weighted by Crippen LogP contribution is 2.32. The lowest BCUT2D eigenvalue weighted by Gasteiger charge is -2.28. The molecular formula is C28H32N2O5. The Morgan fingerprint density at radius 3 is 2.17 bits per heavy atom. The number of hydrogen-bond acceptors (Lipinski definition) is 4. The molecule has 3 aromatic rings. The van der Waals surface area contributed by atoms with Crippen LogP contribution in [0.2, 0.25) is 0 Å². The molecule has 1 amide bonds. The summed E-state index contributed by atoms with van der Waals surface area (Å²) in [6.45, 7) is 9.03. The lowest BCUT2D eigenvalue weighted by atomic mass is 9.84. The van der Waals surface area contributed by atoms with Gasteiger partial charge in [-0.15, -0.1) is 0 Å². The molecule has 0 radical (unpaired) electrons. The lowest BCUT2D eigenvalue weighted by molar-refractivity contribution is -0.139. The van der Waals surface area contributed by atoms with E-state index >= 15 is 0 Å². The highest BCUT2D eigenvalue weighted by molar-refractivity contribution is 5.82. The van der Waals surface area contributed by atoms with Gasteiger partial charge in [-0.2, -0.15) is 0 Å². The van der Waals surface area contributed by atoms with E-state index in [-0.39, 0.29) is 11.6 Å². The Morgan fingerprint density at radius 1 is 0.914 bits per heavy atom. The predicted molar refractivity (Wildman–Crippen MR) is 136 cm³/mol. The summed E-state index contributed by atoms with van der Waals surface area (Å²) in [5.74, 6) is -1.86. The van der Waals surface area contributed by atoms with E-state index in [1.807, 2.05) is 68.4 Å². The van der Waals surface area contributed by atoms with Crippen LogP contribution in [0, 0.1) is 0 Å². The molecule has 0 aliphatic carbocycles. The molecule has 1 heterocycles. The maximum Gasteiger partial charge on any atom is 0.408 e. The van der Waals surface area contributed by atoms with E-state index in [0.717, 1.165) is 16.7 Å². The van der Waals surface area contributed by atoms with E-state index < -0.39 is 29.6 Å². The predicted octanol–water partition coefficient (Wildman–Crippen LogP) is 5.21. The number of carboxylic acid groups (broad SMARTS) is 1. The van der Waals surface area contributed by atoms with Crippen molar-refractivity contribution in [3.63, 3.8) is 0 Å². The summed E-state index contributed by atoms with van der Waals surface area (Å²) >= 11 is 0. The highest BCUT2D eigenvalue weighted by atomic mass is 16.6. The number of hydrogen-bond donors (Lipinski definition) is 2. The van der Waals surface area contributed by atoms with Crippen LogP contribution < -0.4 is 10.9 Å². The zero-order valence-electron chi connectivity index (χ0n) is 20.7. The average molecular weight is 477 g/mol. The number of carboxylic acids is 1. The van der Waals surface area contributed by atoms with Gasteiger partial charge in [-0.3, -0.25) is 4.79 Å². The van der Waals surface area contributed by atoms with Crippen molar-refractivity contribution in [3.05, 3.63) is 94.4 Å². The number of pyridine rings is 1. The molecule has 0 bridgehead atoms. The molecule has 2 atom stereocenters. The molecule has 7 heteroatoms. The van der Waals surface area contributed by atoms with Crippen molar-refractivity contribution in [3.8, 4) is 11.1 Å². The number of carbonyl (C=O) groups excluding carboxylic acids is 1. The van der Waals surface area contributed by atoms with Crippen LogP contribution in [-0.2, 0) is 9.53 Å². The number of nitrogens with one attached hydrogen (secondary N) is 1. The number of ether oxygens (including phenoxy) is 1. The van der Waals surface area contributed by atoms with Crippen molar-refractivity contribution in [2.45, 2.75) is 58.2 Å². The van der Waals surface area contributed by atoms with Crippen LogP contribution in [0.5, 0.6) is 0 Å². The van der Waals surface area contributed by atoms with E-state index in [2.05, 4.69) is 5.32 Å². The molecule has 2 N–H and O–H groups in total. The quantitative estimate of drug-likeness (QED) is 0.488. The summed E-state index contributed by atoms with van der Waals surface area (Å²) in [5.41, 5.74) is 2.25. The molecular weight excluding hydrogens is 444 g/mol. The molecule has 2 aromatic carbocycles. The number of carbonyl (C=O) groups is 2. The van der Waals surface area contributed by atoms with Gasteiger partial charge in [0.25, 0.3) is 5.56 Å². The first-order chi connectivity index (χ1) is 16.5. The van der Waals surface area contributed by atoms with Gasteiger partial charge in [0, 0.05) is 24.2 Å². The van der Waals surface area contributed by atoms with Gasteiger partial charge in [-0.05, 0) is 62.9 Å². The highest BCUT2D eigenvalue weighted by Gasteiger charge is 2.34. The minimum atomic E-state index is -1.27. The monoisotopic (exact) mass is 476 g/mol. The standard InChI is InChI=1S/C28H32N2O5/c1-18(2)30-17-22(14-15-23(30)31)20-12-9-13-21(16-20)24(19-10-7-6-8-11-19)25(26(32)33)29-27(34)35-28(3,4)5/h6-18,24-25H,1-5H3,(H,29,34)(H,32,33). The summed E-state index contributed by atoms with van der Waals surface area (Å²) in [4.78, 5) is 37.1. The van der Waals surface area contributed by atoms with Crippen molar-refractivity contribution in [2.24, 2.45) is 0 Å². The largest absolute Gasteiger partial charge is 0.480 e. The van der Waals surface area contributed by atoms with Crippen LogP contribution >= 0.6 is 0 Å². The normalized spacial score (nSPS) is 13.2. The number of aliphatic carboxylic acids is 1. The smallest absolute Gasteiger partial charge is 0.408 e. The van der Waals surface area contributed by atoms with Gasteiger partial charge in [-0.1, -0.05) is 54.6 Å². The van der Waals surface area contributed by atoms with Crippen molar-refractivity contribution >= 4 is 12.1 Å². The Bertz CT molecular complexity index is 1240. The van der Waals surface area contributed by atoms with Gasteiger partial charge in [0.2, 0.25) is 0 Å². The van der Waals surface area contributed by atoms with Gasteiger partial charge in [-0.25, -0.2) is 9.59 Å². The SMILES string of the molecule is CC(C)n1cc(-c2cccc(C(c3ccccc3)C(NC(=O)OC(C)(C)C)C(=O)O)c2)ccc1=O. The van der Waals surface area contributed by atoms with Gasteiger partial charge in [0.05, 0.1) is 0 Å². The first kappa shape index (κ1) is 25.7. The number of aromatic nitrogens is 1. The third kappa shape index (κ3) is 6.59. The fraction of sp³-hybridized carbons (Fsp3) is 0.321. The fourth-order valence-corrected chi connectivity index (χ4v) is 3.95. The first-order valence-corrected chi connectivity index (χ1v) is 11.6. The number of nitrogens with zero attached hydrogens (tertiary/aromatic N) is 1. The summed E-state index contributed by atoms with van der Waals surface area (Å²) < 4.78 is 6.99. The summed E-state index contributed by atoms with van der Waals surface area (Å²) in [5, 5.41) is 12.7. The molecule has 0 saturated heterocycles. The molecule has 184 valence electrons. The Labute approximate surface area is 205 Å². The van der Waals surface area contributed by atoms with Crippen LogP contribution in [-0.4, -0.2) is 33.4 Å². The minimum absolute atomic E-state index is 0.00267. The van der Waals surface area contributed by atoms with Crippen molar-refractivity contribution in [1.82, 2.24) is 9.88 Å².